The number of hydrogen-bond donors (Lipinski definition) is 1. The highest BCUT2D eigenvalue weighted by atomic mass is 127. The summed E-state index contributed by atoms with van der Waals surface area (Å²) in [6, 6.07) is 0. The average molecular weight is 535 g/mol. The molecule has 6 nitrogen and oxygen atoms in total. The summed E-state index contributed by atoms with van der Waals surface area (Å²) in [6.07, 6.45) is 12.5. The molecule has 0 atom stereocenters. The van der Waals surface area contributed by atoms with E-state index in [1.807, 2.05) is 7.05 Å². The Hall–Kier alpha value is -0.510. The lowest BCUT2D eigenvalue weighted by Crippen LogP contribution is -2.42. The second-order valence-electron chi connectivity index (χ2n) is 8.92. The highest BCUT2D eigenvalue weighted by molar-refractivity contribution is 14.0. The van der Waals surface area contributed by atoms with E-state index in [2.05, 4.69) is 50.1 Å². The number of likely N-dealkylation sites (tertiary alicyclic amines) is 1. The molecule has 1 saturated heterocycles. The van der Waals surface area contributed by atoms with Crippen molar-refractivity contribution in [3.05, 3.63) is 5.82 Å². The molecule has 0 radical (unpaired) electrons. The predicted molar refractivity (Wildman–Crippen MR) is 133 cm³/mol. The minimum absolute atomic E-state index is 0. The number of aliphatic imine (C=N–C) groups is 1. The van der Waals surface area contributed by atoms with Gasteiger partial charge in [0.2, 0.25) is 0 Å². The summed E-state index contributed by atoms with van der Waals surface area (Å²) < 4.78 is 2.29. The molecule has 2 aliphatic rings. The molecule has 166 valence electrons. The van der Waals surface area contributed by atoms with Gasteiger partial charge in [-0.2, -0.15) is 0 Å². The number of thioether (sulfide) groups is 1. The molecule has 1 saturated carbocycles. The molecule has 3 rings (SSSR count). The SMILES string of the molecule is CN=C(NCCCc1nnc(SC)n1CC(C)C)N1CCC2(CCCCC2)C1.I. The first-order valence-electron chi connectivity index (χ1n) is 11.0. The first kappa shape index (κ1) is 24.8. The van der Waals surface area contributed by atoms with Crippen LogP contribution in [-0.4, -0.2) is 58.6 Å². The van der Waals surface area contributed by atoms with E-state index in [0.717, 1.165) is 49.4 Å². The predicted octanol–water partition coefficient (Wildman–Crippen LogP) is 4.44. The van der Waals surface area contributed by atoms with Crippen molar-refractivity contribution in [1.29, 1.82) is 0 Å². The summed E-state index contributed by atoms with van der Waals surface area (Å²) in [7, 11) is 1.91. The molecule has 0 unspecified atom stereocenters. The summed E-state index contributed by atoms with van der Waals surface area (Å²) in [5, 5.41) is 13.4. The van der Waals surface area contributed by atoms with E-state index < -0.39 is 0 Å². The van der Waals surface area contributed by atoms with E-state index in [1.165, 1.54) is 45.1 Å². The van der Waals surface area contributed by atoms with Crippen molar-refractivity contribution in [3.63, 3.8) is 0 Å². The van der Waals surface area contributed by atoms with Gasteiger partial charge in [-0.25, -0.2) is 0 Å². The normalized spacial score (nSPS) is 19.1. The Labute approximate surface area is 198 Å². The Morgan fingerprint density at radius 1 is 1.21 bits per heavy atom. The van der Waals surface area contributed by atoms with Crippen LogP contribution >= 0.6 is 35.7 Å². The average Bonchev–Trinajstić information content (AvgIpc) is 3.26. The fraction of sp³-hybridized carbons (Fsp3) is 0.857. The quantitative estimate of drug-likeness (QED) is 0.184. The van der Waals surface area contributed by atoms with Crippen molar-refractivity contribution in [2.24, 2.45) is 16.3 Å². The lowest BCUT2D eigenvalue weighted by molar-refractivity contribution is 0.203. The van der Waals surface area contributed by atoms with Gasteiger partial charge in [0.15, 0.2) is 11.1 Å². The molecule has 29 heavy (non-hydrogen) atoms. The molecule has 1 spiro atoms. The van der Waals surface area contributed by atoms with Crippen molar-refractivity contribution in [2.45, 2.75) is 76.9 Å². The number of aromatic nitrogens is 3. The van der Waals surface area contributed by atoms with Gasteiger partial charge >= 0.3 is 0 Å². The third kappa shape index (κ3) is 6.48. The molecule has 8 heteroatoms. The fourth-order valence-electron chi connectivity index (χ4n) is 4.81. The lowest BCUT2D eigenvalue weighted by Gasteiger charge is -2.33. The number of guanidine groups is 1. The molecule has 0 aromatic carbocycles. The molecule has 1 aliphatic heterocycles. The zero-order chi connectivity index (χ0) is 20.0. The second-order valence-corrected chi connectivity index (χ2v) is 9.69. The van der Waals surface area contributed by atoms with Gasteiger partial charge < -0.3 is 14.8 Å². The minimum atomic E-state index is 0. The molecule has 2 heterocycles. The van der Waals surface area contributed by atoms with Crippen LogP contribution in [0.5, 0.6) is 0 Å². The minimum Gasteiger partial charge on any atom is -0.356 e. The Bertz CT molecular complexity index is 654. The van der Waals surface area contributed by atoms with E-state index in [0.29, 0.717) is 11.3 Å². The number of nitrogens with zero attached hydrogens (tertiary/aromatic N) is 5. The van der Waals surface area contributed by atoms with Crippen molar-refractivity contribution in [2.75, 3.05) is 32.9 Å². The Kier molecular flexibility index (Phi) is 10.0. The van der Waals surface area contributed by atoms with Gasteiger partial charge in [0.25, 0.3) is 0 Å². The first-order valence-corrected chi connectivity index (χ1v) is 12.2. The highest BCUT2D eigenvalue weighted by Crippen LogP contribution is 2.43. The second kappa shape index (κ2) is 11.8. The monoisotopic (exact) mass is 534 g/mol. The molecule has 0 bridgehead atoms. The number of hydrogen-bond acceptors (Lipinski definition) is 4. The number of aryl methyl sites for hydroxylation is 1. The van der Waals surface area contributed by atoms with Crippen LogP contribution in [0.3, 0.4) is 0 Å². The Balaban J connectivity index is 0.00000300. The molecule has 1 N–H and O–H groups in total. The van der Waals surface area contributed by atoms with Crippen LogP contribution in [-0.2, 0) is 13.0 Å². The van der Waals surface area contributed by atoms with Gasteiger partial charge in [-0.05, 0) is 43.3 Å². The van der Waals surface area contributed by atoms with E-state index in [4.69, 9.17) is 0 Å². The third-order valence-corrected chi connectivity index (χ3v) is 6.92. The molecule has 0 amide bonds. The first-order chi connectivity index (χ1) is 13.6. The maximum Gasteiger partial charge on any atom is 0.193 e. The summed E-state index contributed by atoms with van der Waals surface area (Å²) in [5.74, 6) is 2.79. The standard InChI is InChI=1S/C21H38N6S.HI/c1-17(2)15-27-18(24-25-20(27)28-4)9-8-13-23-19(22-3)26-14-12-21(16-26)10-6-5-7-11-21;/h17H,5-16H2,1-4H3,(H,22,23);1H. The van der Waals surface area contributed by atoms with E-state index in [9.17, 15) is 0 Å². The summed E-state index contributed by atoms with van der Waals surface area (Å²) in [5.41, 5.74) is 0.567. The van der Waals surface area contributed by atoms with Gasteiger partial charge in [0, 0.05) is 39.6 Å². The molecule has 2 fully saturated rings. The van der Waals surface area contributed by atoms with Crippen LogP contribution in [0.1, 0.15) is 64.6 Å². The molecular formula is C21H39IN6S. The lowest BCUT2D eigenvalue weighted by atomic mass is 9.73. The van der Waals surface area contributed by atoms with Crippen LogP contribution in [0.25, 0.3) is 0 Å². The maximum absolute atomic E-state index is 4.56. The van der Waals surface area contributed by atoms with Crippen LogP contribution < -0.4 is 5.32 Å². The van der Waals surface area contributed by atoms with Gasteiger partial charge in [-0.3, -0.25) is 4.99 Å². The fourth-order valence-corrected chi connectivity index (χ4v) is 5.33. The van der Waals surface area contributed by atoms with E-state index >= 15 is 0 Å². The molecular weight excluding hydrogens is 495 g/mol. The van der Waals surface area contributed by atoms with E-state index in [-0.39, 0.29) is 24.0 Å². The largest absolute Gasteiger partial charge is 0.356 e. The van der Waals surface area contributed by atoms with Crippen LogP contribution in [0.4, 0.5) is 0 Å². The van der Waals surface area contributed by atoms with Gasteiger partial charge in [0.05, 0.1) is 0 Å². The van der Waals surface area contributed by atoms with Gasteiger partial charge in [-0.1, -0.05) is 44.9 Å². The third-order valence-electron chi connectivity index (χ3n) is 6.25. The number of nitrogens with one attached hydrogen (secondary N) is 1. The molecule has 1 aliphatic carbocycles. The van der Waals surface area contributed by atoms with Gasteiger partial charge in [-0.15, -0.1) is 34.2 Å². The van der Waals surface area contributed by atoms with Crippen LogP contribution in [0.2, 0.25) is 0 Å². The Morgan fingerprint density at radius 2 is 1.97 bits per heavy atom. The van der Waals surface area contributed by atoms with E-state index in [1.54, 1.807) is 11.8 Å². The zero-order valence-corrected chi connectivity index (χ0v) is 21.8. The number of rotatable bonds is 7. The highest BCUT2D eigenvalue weighted by Gasteiger charge is 2.39. The summed E-state index contributed by atoms with van der Waals surface area (Å²) >= 11 is 1.68. The molecule has 1 aromatic heterocycles. The Morgan fingerprint density at radius 3 is 2.62 bits per heavy atom. The van der Waals surface area contributed by atoms with Crippen LogP contribution in [0.15, 0.2) is 10.1 Å². The summed E-state index contributed by atoms with van der Waals surface area (Å²) in [6.45, 7) is 8.75. The molecule has 1 aromatic rings. The van der Waals surface area contributed by atoms with Crippen molar-refractivity contribution >= 4 is 41.7 Å². The zero-order valence-electron chi connectivity index (χ0n) is 18.6. The maximum atomic E-state index is 4.56. The van der Waals surface area contributed by atoms with Crippen LogP contribution in [0, 0.1) is 11.3 Å². The van der Waals surface area contributed by atoms with Crippen molar-refractivity contribution < 1.29 is 0 Å². The topological polar surface area (TPSA) is 58.3 Å². The van der Waals surface area contributed by atoms with Crippen molar-refractivity contribution in [1.82, 2.24) is 25.0 Å². The number of halogens is 1. The summed E-state index contributed by atoms with van der Waals surface area (Å²) in [4.78, 5) is 7.05. The van der Waals surface area contributed by atoms with Gasteiger partial charge in [0.1, 0.15) is 5.82 Å². The smallest absolute Gasteiger partial charge is 0.193 e. The van der Waals surface area contributed by atoms with Crippen molar-refractivity contribution in [3.8, 4) is 0 Å².